The average Bonchev–Trinajstić information content (AvgIpc) is 2.64. The van der Waals surface area contributed by atoms with Crippen molar-refractivity contribution >= 4 is 12.0 Å². The van der Waals surface area contributed by atoms with Crippen LogP contribution in [0.2, 0.25) is 0 Å². The topological polar surface area (TPSA) is 76.1 Å². The van der Waals surface area contributed by atoms with Crippen molar-refractivity contribution in [3.8, 4) is 0 Å². The minimum atomic E-state index is -0.781. The summed E-state index contributed by atoms with van der Waals surface area (Å²) in [7, 11) is 0. The number of aliphatic carboxylic acids is 1. The summed E-state index contributed by atoms with van der Waals surface area (Å²) in [6, 6.07) is 1.21. The van der Waals surface area contributed by atoms with Crippen LogP contribution in [0.1, 0.15) is 58.8 Å². The SMILES string of the molecule is CCN(CC(=O)O)C1CC(NC(=O)N2CCCC(CN3CCCCC3C)C2)C1. The third-order valence-corrected chi connectivity index (χ3v) is 6.94. The fourth-order valence-electron chi connectivity index (χ4n) is 5.10. The Kier molecular flexibility index (Phi) is 7.57. The van der Waals surface area contributed by atoms with Gasteiger partial charge in [-0.3, -0.25) is 9.69 Å². The zero-order valence-corrected chi connectivity index (χ0v) is 17.6. The highest BCUT2D eigenvalue weighted by Crippen LogP contribution is 2.27. The summed E-state index contributed by atoms with van der Waals surface area (Å²) in [5, 5.41) is 12.2. The summed E-state index contributed by atoms with van der Waals surface area (Å²) < 4.78 is 0. The minimum absolute atomic E-state index is 0.0705. The van der Waals surface area contributed by atoms with Crippen LogP contribution in [0.3, 0.4) is 0 Å². The maximum atomic E-state index is 12.7. The lowest BCUT2D eigenvalue weighted by atomic mass is 9.85. The van der Waals surface area contributed by atoms with Gasteiger partial charge in [0.05, 0.1) is 6.54 Å². The highest BCUT2D eigenvalue weighted by atomic mass is 16.4. The molecule has 2 atom stereocenters. The molecule has 1 saturated carbocycles. The van der Waals surface area contributed by atoms with Crippen molar-refractivity contribution in [1.29, 1.82) is 0 Å². The number of urea groups is 1. The van der Waals surface area contributed by atoms with Crippen LogP contribution in [0.15, 0.2) is 0 Å². The first-order valence-corrected chi connectivity index (χ1v) is 11.2. The molecule has 0 aromatic heterocycles. The van der Waals surface area contributed by atoms with Crippen molar-refractivity contribution in [2.24, 2.45) is 5.92 Å². The molecule has 28 heavy (non-hydrogen) atoms. The Labute approximate surface area is 169 Å². The molecule has 0 spiro atoms. The first-order chi connectivity index (χ1) is 13.5. The fraction of sp³-hybridized carbons (Fsp3) is 0.905. The number of carbonyl (C=O) groups excluding carboxylic acids is 1. The van der Waals surface area contributed by atoms with Crippen molar-refractivity contribution in [1.82, 2.24) is 20.0 Å². The van der Waals surface area contributed by atoms with E-state index < -0.39 is 5.97 Å². The largest absolute Gasteiger partial charge is 0.480 e. The van der Waals surface area contributed by atoms with E-state index in [2.05, 4.69) is 17.1 Å². The van der Waals surface area contributed by atoms with E-state index in [0.717, 1.165) is 45.4 Å². The molecule has 0 aromatic carbocycles. The van der Waals surface area contributed by atoms with Gasteiger partial charge in [0, 0.05) is 37.8 Å². The number of hydrogen-bond acceptors (Lipinski definition) is 4. The second kappa shape index (κ2) is 9.92. The number of carbonyl (C=O) groups is 2. The van der Waals surface area contributed by atoms with Gasteiger partial charge in [-0.15, -0.1) is 0 Å². The number of likely N-dealkylation sites (tertiary alicyclic amines) is 2. The van der Waals surface area contributed by atoms with Gasteiger partial charge in [0.2, 0.25) is 0 Å². The lowest BCUT2D eigenvalue weighted by Gasteiger charge is -2.44. The highest BCUT2D eigenvalue weighted by Gasteiger charge is 2.36. The third-order valence-electron chi connectivity index (χ3n) is 6.94. The number of likely N-dealkylation sites (N-methyl/N-ethyl adjacent to an activating group) is 1. The van der Waals surface area contributed by atoms with Crippen LogP contribution in [-0.2, 0) is 4.79 Å². The Balaban J connectivity index is 1.40. The first-order valence-electron chi connectivity index (χ1n) is 11.2. The summed E-state index contributed by atoms with van der Waals surface area (Å²) >= 11 is 0. The van der Waals surface area contributed by atoms with Crippen LogP contribution >= 0.6 is 0 Å². The second-order valence-electron chi connectivity index (χ2n) is 9.02. The van der Waals surface area contributed by atoms with Crippen LogP contribution in [0, 0.1) is 5.92 Å². The predicted molar refractivity (Wildman–Crippen MR) is 109 cm³/mol. The Bertz CT molecular complexity index is 538. The Hall–Kier alpha value is -1.34. The van der Waals surface area contributed by atoms with E-state index in [0.29, 0.717) is 12.0 Å². The molecule has 2 amide bonds. The Morgan fingerprint density at radius 1 is 1.14 bits per heavy atom. The molecular weight excluding hydrogens is 356 g/mol. The van der Waals surface area contributed by atoms with Crippen molar-refractivity contribution in [2.45, 2.75) is 76.9 Å². The van der Waals surface area contributed by atoms with Gasteiger partial charge in [0.1, 0.15) is 0 Å². The molecule has 0 aromatic rings. The van der Waals surface area contributed by atoms with E-state index in [1.165, 1.54) is 32.2 Å². The molecule has 3 fully saturated rings. The summed E-state index contributed by atoms with van der Waals surface area (Å²) in [4.78, 5) is 30.3. The number of amides is 2. The van der Waals surface area contributed by atoms with Crippen molar-refractivity contribution in [3.63, 3.8) is 0 Å². The molecule has 160 valence electrons. The standard InChI is InChI=1S/C21H38N4O3/c1-3-23(15-20(26)27)19-11-18(12-19)22-21(28)25-10-6-8-17(14-25)13-24-9-5-4-7-16(24)2/h16-19H,3-15H2,1-2H3,(H,22,28)(H,26,27). The van der Waals surface area contributed by atoms with Crippen LogP contribution < -0.4 is 5.32 Å². The number of piperidine rings is 2. The Morgan fingerprint density at radius 3 is 2.61 bits per heavy atom. The van der Waals surface area contributed by atoms with Crippen molar-refractivity contribution < 1.29 is 14.7 Å². The zero-order valence-electron chi connectivity index (χ0n) is 17.6. The smallest absolute Gasteiger partial charge is 0.317 e. The molecule has 7 heteroatoms. The van der Waals surface area contributed by atoms with E-state index in [4.69, 9.17) is 5.11 Å². The van der Waals surface area contributed by atoms with Gasteiger partial charge in [-0.05, 0) is 64.5 Å². The minimum Gasteiger partial charge on any atom is -0.480 e. The molecule has 2 unspecified atom stereocenters. The van der Waals surface area contributed by atoms with E-state index >= 15 is 0 Å². The number of hydrogen-bond donors (Lipinski definition) is 2. The molecule has 3 rings (SSSR count). The van der Waals surface area contributed by atoms with E-state index in [1.807, 2.05) is 16.7 Å². The van der Waals surface area contributed by atoms with Crippen molar-refractivity contribution in [2.75, 3.05) is 39.3 Å². The zero-order chi connectivity index (χ0) is 20.1. The number of carboxylic acids is 1. The fourth-order valence-corrected chi connectivity index (χ4v) is 5.10. The molecule has 1 aliphatic carbocycles. The summed E-state index contributed by atoms with van der Waals surface area (Å²) in [6.07, 6.45) is 7.98. The molecule has 0 radical (unpaired) electrons. The third kappa shape index (κ3) is 5.60. The van der Waals surface area contributed by atoms with Crippen molar-refractivity contribution in [3.05, 3.63) is 0 Å². The second-order valence-corrected chi connectivity index (χ2v) is 9.02. The maximum Gasteiger partial charge on any atom is 0.317 e. The van der Waals surface area contributed by atoms with Gasteiger partial charge < -0.3 is 20.2 Å². The maximum absolute atomic E-state index is 12.7. The van der Waals surface area contributed by atoms with Gasteiger partial charge in [-0.2, -0.15) is 0 Å². The number of nitrogens with one attached hydrogen (secondary N) is 1. The number of nitrogens with zero attached hydrogens (tertiary/aromatic N) is 3. The predicted octanol–water partition coefficient (Wildman–Crippen LogP) is 2.22. The van der Waals surface area contributed by atoms with Crippen LogP contribution in [0.25, 0.3) is 0 Å². The lowest BCUT2D eigenvalue weighted by Crippen LogP contribution is -2.58. The number of carboxylic acid groups (broad SMARTS) is 1. The van der Waals surface area contributed by atoms with E-state index in [-0.39, 0.29) is 24.7 Å². The molecule has 2 saturated heterocycles. The summed E-state index contributed by atoms with van der Waals surface area (Å²) in [5.74, 6) is -0.197. The monoisotopic (exact) mass is 394 g/mol. The average molecular weight is 395 g/mol. The molecule has 2 aliphatic heterocycles. The van der Waals surface area contributed by atoms with Gasteiger partial charge in [-0.25, -0.2) is 4.79 Å². The normalized spacial score (nSPS) is 31.5. The number of rotatable bonds is 7. The Morgan fingerprint density at radius 2 is 1.93 bits per heavy atom. The van der Waals surface area contributed by atoms with Crippen LogP contribution in [-0.4, -0.2) is 89.2 Å². The van der Waals surface area contributed by atoms with Crippen LogP contribution in [0.5, 0.6) is 0 Å². The molecule has 0 bridgehead atoms. The molecular formula is C21H38N4O3. The first kappa shape index (κ1) is 21.4. The quantitative estimate of drug-likeness (QED) is 0.692. The van der Waals surface area contributed by atoms with Crippen LogP contribution in [0.4, 0.5) is 4.79 Å². The highest BCUT2D eigenvalue weighted by molar-refractivity contribution is 5.74. The molecule has 7 nitrogen and oxygen atoms in total. The molecule has 2 N–H and O–H groups in total. The van der Waals surface area contributed by atoms with Gasteiger partial charge in [-0.1, -0.05) is 13.3 Å². The molecule has 2 heterocycles. The molecule has 3 aliphatic rings. The van der Waals surface area contributed by atoms with Gasteiger partial charge in [0.25, 0.3) is 0 Å². The van der Waals surface area contributed by atoms with Gasteiger partial charge in [0.15, 0.2) is 0 Å². The lowest BCUT2D eigenvalue weighted by molar-refractivity contribution is -0.139. The summed E-state index contributed by atoms with van der Waals surface area (Å²) in [5.41, 5.74) is 0. The summed E-state index contributed by atoms with van der Waals surface area (Å²) in [6.45, 7) is 9.20. The van der Waals surface area contributed by atoms with Gasteiger partial charge >= 0.3 is 12.0 Å². The van der Waals surface area contributed by atoms with E-state index in [1.54, 1.807) is 0 Å². The van der Waals surface area contributed by atoms with E-state index in [9.17, 15) is 9.59 Å².